The lowest BCUT2D eigenvalue weighted by Crippen LogP contribution is -2.16. The summed E-state index contributed by atoms with van der Waals surface area (Å²) >= 11 is 11.4. The second-order valence-electron chi connectivity index (χ2n) is 6.09. The minimum absolute atomic E-state index is 0.246. The number of amides is 1. The summed E-state index contributed by atoms with van der Waals surface area (Å²) in [6.45, 7) is 2.04. The Bertz CT molecular complexity index is 1000. The Kier molecular flexibility index (Phi) is 4.82. The largest absolute Gasteiger partial charge is 0.306 e. The quantitative estimate of drug-likeness (QED) is 0.567. The number of nitrogens with one attached hydrogen (secondary N) is 1. The molecular formula is C19H15BrClN3OS. The van der Waals surface area contributed by atoms with Crippen molar-refractivity contribution in [2.75, 3.05) is 5.32 Å². The maximum Gasteiger partial charge on any atom is 0.258 e. The first kappa shape index (κ1) is 17.6. The van der Waals surface area contributed by atoms with Gasteiger partial charge < -0.3 is 5.32 Å². The van der Waals surface area contributed by atoms with Crippen molar-refractivity contribution in [1.82, 2.24) is 9.78 Å². The van der Waals surface area contributed by atoms with Crippen LogP contribution in [0.2, 0.25) is 5.02 Å². The number of nitrogens with zero attached hydrogens (tertiary/aromatic N) is 2. The van der Waals surface area contributed by atoms with Gasteiger partial charge in [0.15, 0.2) is 0 Å². The zero-order valence-corrected chi connectivity index (χ0v) is 17.1. The van der Waals surface area contributed by atoms with Gasteiger partial charge in [-0.15, -0.1) is 0 Å². The standard InChI is InChI=1S/C19H15BrClN3OS/c1-11-2-5-13(6-3-11)24-18(15-9-26-10-17(15)23-24)22-19(25)14-8-12(20)4-7-16(14)21/h2-8H,9-10H2,1H3,(H,22,25). The first-order valence-electron chi connectivity index (χ1n) is 8.05. The van der Waals surface area contributed by atoms with Crippen molar-refractivity contribution in [2.45, 2.75) is 18.4 Å². The fourth-order valence-electron chi connectivity index (χ4n) is 2.86. The third-order valence-corrected chi connectivity index (χ3v) is 6.03. The average molecular weight is 449 g/mol. The molecule has 0 unspecified atom stereocenters. The van der Waals surface area contributed by atoms with Crippen LogP contribution in [0.1, 0.15) is 27.2 Å². The van der Waals surface area contributed by atoms with Crippen molar-refractivity contribution in [1.29, 1.82) is 0 Å². The molecule has 1 aliphatic rings. The van der Waals surface area contributed by atoms with Crippen LogP contribution in [-0.4, -0.2) is 15.7 Å². The van der Waals surface area contributed by atoms with Gasteiger partial charge in [-0.1, -0.05) is 45.2 Å². The van der Waals surface area contributed by atoms with Crippen LogP contribution in [0.4, 0.5) is 5.82 Å². The van der Waals surface area contributed by atoms with Crippen LogP contribution in [0.5, 0.6) is 0 Å². The SMILES string of the molecule is Cc1ccc(-n2nc3c(c2NC(=O)c2cc(Br)ccc2Cl)CSC3)cc1. The molecule has 1 N–H and O–H groups in total. The number of aromatic nitrogens is 2. The molecule has 0 saturated heterocycles. The normalized spacial score (nSPS) is 12.9. The number of rotatable bonds is 3. The van der Waals surface area contributed by atoms with Gasteiger partial charge in [0, 0.05) is 21.5 Å². The fourth-order valence-corrected chi connectivity index (χ4v) is 4.46. The first-order chi connectivity index (χ1) is 12.5. The lowest BCUT2D eigenvalue weighted by Gasteiger charge is -2.12. The van der Waals surface area contributed by atoms with E-state index in [4.69, 9.17) is 16.7 Å². The molecule has 0 saturated carbocycles. The topological polar surface area (TPSA) is 46.9 Å². The number of benzene rings is 2. The highest BCUT2D eigenvalue weighted by Gasteiger charge is 2.25. The molecule has 1 amide bonds. The Labute approximate surface area is 169 Å². The van der Waals surface area contributed by atoms with Crippen LogP contribution in [0, 0.1) is 6.92 Å². The minimum atomic E-state index is -0.246. The summed E-state index contributed by atoms with van der Waals surface area (Å²) in [4.78, 5) is 12.9. The van der Waals surface area contributed by atoms with Crippen LogP contribution in [0.25, 0.3) is 5.69 Å². The van der Waals surface area contributed by atoms with E-state index in [2.05, 4.69) is 21.2 Å². The van der Waals surface area contributed by atoms with E-state index < -0.39 is 0 Å². The number of anilines is 1. The lowest BCUT2D eigenvalue weighted by atomic mass is 10.2. The van der Waals surface area contributed by atoms with Gasteiger partial charge in [-0.25, -0.2) is 4.68 Å². The monoisotopic (exact) mass is 447 g/mol. The number of carbonyl (C=O) groups is 1. The molecule has 0 atom stereocenters. The molecule has 26 heavy (non-hydrogen) atoms. The summed E-state index contributed by atoms with van der Waals surface area (Å²) < 4.78 is 2.62. The molecule has 0 spiro atoms. The number of halogens is 2. The third kappa shape index (κ3) is 3.29. The molecule has 1 aliphatic heterocycles. The van der Waals surface area contributed by atoms with Crippen LogP contribution in [0.3, 0.4) is 0 Å². The van der Waals surface area contributed by atoms with Gasteiger partial charge in [0.05, 0.1) is 22.0 Å². The van der Waals surface area contributed by atoms with Crippen LogP contribution in [0.15, 0.2) is 46.9 Å². The van der Waals surface area contributed by atoms with Crippen molar-refractivity contribution >= 4 is 51.0 Å². The van der Waals surface area contributed by atoms with E-state index in [1.54, 1.807) is 23.9 Å². The van der Waals surface area contributed by atoms with Gasteiger partial charge in [-0.05, 0) is 37.3 Å². The molecule has 3 aromatic rings. The summed E-state index contributed by atoms with van der Waals surface area (Å²) in [5.74, 6) is 2.16. The van der Waals surface area contributed by atoms with Crippen molar-refractivity contribution in [3.05, 3.63) is 74.3 Å². The maximum atomic E-state index is 12.9. The number of hydrogen-bond donors (Lipinski definition) is 1. The smallest absolute Gasteiger partial charge is 0.258 e. The van der Waals surface area contributed by atoms with E-state index in [0.29, 0.717) is 10.6 Å². The third-order valence-electron chi connectivity index (χ3n) is 4.24. The van der Waals surface area contributed by atoms with Gasteiger partial charge in [-0.3, -0.25) is 4.79 Å². The lowest BCUT2D eigenvalue weighted by molar-refractivity contribution is 0.102. The summed E-state index contributed by atoms with van der Waals surface area (Å²) in [5, 5.41) is 8.16. The molecule has 1 aromatic heterocycles. The Hall–Kier alpha value is -1.76. The Morgan fingerprint density at radius 3 is 2.77 bits per heavy atom. The highest BCUT2D eigenvalue weighted by atomic mass is 79.9. The number of thioether (sulfide) groups is 1. The van der Waals surface area contributed by atoms with Gasteiger partial charge in [-0.2, -0.15) is 16.9 Å². The van der Waals surface area contributed by atoms with E-state index in [0.717, 1.165) is 38.7 Å². The number of fused-ring (bicyclic) bond motifs is 1. The van der Waals surface area contributed by atoms with Gasteiger partial charge >= 0.3 is 0 Å². The molecule has 4 rings (SSSR count). The fraction of sp³-hybridized carbons (Fsp3) is 0.158. The molecule has 7 heteroatoms. The molecule has 132 valence electrons. The first-order valence-corrected chi connectivity index (χ1v) is 10.4. The summed E-state index contributed by atoms with van der Waals surface area (Å²) in [6, 6.07) is 13.3. The molecule has 0 bridgehead atoms. The van der Waals surface area contributed by atoms with Crippen molar-refractivity contribution in [3.8, 4) is 5.69 Å². The van der Waals surface area contributed by atoms with E-state index in [1.165, 1.54) is 5.56 Å². The Morgan fingerprint density at radius 2 is 2.00 bits per heavy atom. The van der Waals surface area contributed by atoms with Gasteiger partial charge in [0.2, 0.25) is 0 Å². The van der Waals surface area contributed by atoms with Crippen molar-refractivity contribution in [2.24, 2.45) is 0 Å². The Morgan fingerprint density at radius 1 is 1.23 bits per heavy atom. The maximum absolute atomic E-state index is 12.9. The molecule has 2 heterocycles. The predicted octanol–water partition coefficient (Wildman–Crippen LogP) is 5.60. The van der Waals surface area contributed by atoms with Gasteiger partial charge in [0.25, 0.3) is 5.91 Å². The highest BCUT2D eigenvalue weighted by molar-refractivity contribution is 9.10. The molecule has 4 nitrogen and oxygen atoms in total. The number of carbonyl (C=O) groups excluding carboxylic acids is 1. The molecule has 2 aromatic carbocycles. The second-order valence-corrected chi connectivity index (χ2v) is 8.40. The van der Waals surface area contributed by atoms with Crippen LogP contribution in [-0.2, 0) is 11.5 Å². The predicted molar refractivity (Wildman–Crippen MR) is 110 cm³/mol. The summed E-state index contributed by atoms with van der Waals surface area (Å²) in [7, 11) is 0. The van der Waals surface area contributed by atoms with E-state index >= 15 is 0 Å². The highest BCUT2D eigenvalue weighted by Crippen LogP contribution is 2.36. The zero-order valence-electron chi connectivity index (χ0n) is 13.9. The van der Waals surface area contributed by atoms with E-state index in [9.17, 15) is 4.79 Å². The number of hydrogen-bond acceptors (Lipinski definition) is 3. The zero-order chi connectivity index (χ0) is 18.3. The van der Waals surface area contributed by atoms with Crippen LogP contribution < -0.4 is 5.32 Å². The molecule has 0 radical (unpaired) electrons. The second kappa shape index (κ2) is 7.10. The molecule has 0 fully saturated rings. The average Bonchev–Trinajstić information content (AvgIpc) is 3.20. The summed E-state index contributed by atoms with van der Waals surface area (Å²) in [6.07, 6.45) is 0. The van der Waals surface area contributed by atoms with Crippen molar-refractivity contribution in [3.63, 3.8) is 0 Å². The van der Waals surface area contributed by atoms with Crippen molar-refractivity contribution < 1.29 is 4.79 Å². The minimum Gasteiger partial charge on any atom is -0.306 e. The molecule has 0 aliphatic carbocycles. The van der Waals surface area contributed by atoms with Crippen LogP contribution >= 0.6 is 39.3 Å². The number of aryl methyl sites for hydroxylation is 1. The summed E-state index contributed by atoms with van der Waals surface area (Å²) in [5.41, 5.74) is 4.62. The molecular weight excluding hydrogens is 434 g/mol. The van der Waals surface area contributed by atoms with E-state index in [1.807, 2.05) is 41.9 Å². The van der Waals surface area contributed by atoms with E-state index in [-0.39, 0.29) is 5.91 Å². The van der Waals surface area contributed by atoms with Gasteiger partial charge in [0.1, 0.15) is 5.82 Å². The Balaban J connectivity index is 1.75.